The summed E-state index contributed by atoms with van der Waals surface area (Å²) < 4.78 is 0. The molecule has 4 atom stereocenters. The van der Waals surface area contributed by atoms with Crippen molar-refractivity contribution in [2.45, 2.75) is 99.1 Å². The average molecular weight is 353 g/mol. The van der Waals surface area contributed by atoms with Gasteiger partial charge in [0.15, 0.2) is 0 Å². The molecule has 0 N–H and O–H groups in total. The molecule has 0 saturated carbocycles. The van der Waals surface area contributed by atoms with E-state index in [-0.39, 0.29) is 0 Å². The second kappa shape index (κ2) is 11.9. The molecule has 1 saturated heterocycles. The molecule has 1 aliphatic rings. The second-order valence-corrected chi connectivity index (χ2v) is 10.5. The highest BCUT2D eigenvalue weighted by Crippen LogP contribution is 2.45. The first-order valence-electron chi connectivity index (χ1n) is 8.31. The Morgan fingerprint density at radius 2 is 1.60 bits per heavy atom. The van der Waals surface area contributed by atoms with E-state index in [4.69, 9.17) is 12.6 Å². The number of rotatable bonds is 10. The molecular formula is C16H32S4. The molecule has 0 amide bonds. The van der Waals surface area contributed by atoms with Crippen molar-refractivity contribution in [3.8, 4) is 0 Å². The minimum absolute atomic E-state index is 0.574. The summed E-state index contributed by atoms with van der Waals surface area (Å²) in [6, 6.07) is 0. The van der Waals surface area contributed by atoms with Crippen molar-refractivity contribution < 1.29 is 0 Å². The van der Waals surface area contributed by atoms with Crippen LogP contribution in [0.5, 0.6) is 0 Å². The Balaban J connectivity index is 1.96. The quantitative estimate of drug-likeness (QED) is 0.256. The van der Waals surface area contributed by atoms with E-state index in [1.54, 1.807) is 0 Å². The van der Waals surface area contributed by atoms with Gasteiger partial charge in [0.05, 0.1) is 0 Å². The molecule has 4 unspecified atom stereocenters. The summed E-state index contributed by atoms with van der Waals surface area (Å²) in [7, 11) is 4.22. The maximum Gasteiger partial charge on any atom is 0.0268 e. The molecule has 1 aliphatic heterocycles. The summed E-state index contributed by atoms with van der Waals surface area (Å²) in [5, 5.41) is 2.87. The monoisotopic (exact) mass is 352 g/mol. The van der Waals surface area contributed by atoms with Gasteiger partial charge in [-0.3, -0.25) is 0 Å². The van der Waals surface area contributed by atoms with Crippen LogP contribution in [0, 0.1) is 0 Å². The maximum absolute atomic E-state index is 4.86. The third-order valence-corrected chi connectivity index (χ3v) is 8.83. The topological polar surface area (TPSA) is 0 Å². The lowest BCUT2D eigenvalue weighted by Crippen LogP contribution is -2.22. The van der Waals surface area contributed by atoms with Crippen LogP contribution in [0.4, 0.5) is 0 Å². The predicted molar refractivity (Wildman–Crippen MR) is 106 cm³/mol. The molecule has 120 valence electrons. The van der Waals surface area contributed by atoms with E-state index >= 15 is 0 Å². The Morgan fingerprint density at radius 1 is 0.950 bits per heavy atom. The van der Waals surface area contributed by atoms with Crippen LogP contribution < -0.4 is 0 Å². The van der Waals surface area contributed by atoms with Crippen molar-refractivity contribution in [1.29, 1.82) is 0 Å². The molecule has 0 nitrogen and oxygen atoms in total. The van der Waals surface area contributed by atoms with Crippen LogP contribution in [-0.4, -0.2) is 21.0 Å². The first kappa shape index (κ1) is 19.4. The van der Waals surface area contributed by atoms with Crippen LogP contribution in [0.15, 0.2) is 0 Å². The third kappa shape index (κ3) is 8.75. The van der Waals surface area contributed by atoms with Crippen molar-refractivity contribution in [3.63, 3.8) is 0 Å². The van der Waals surface area contributed by atoms with Crippen LogP contribution in [-0.2, 0) is 0 Å². The van der Waals surface area contributed by atoms with E-state index in [9.17, 15) is 0 Å². The zero-order valence-corrected chi connectivity index (χ0v) is 16.5. The standard InChI is InChI=1S/C16H32S4/c1-3-14-11-12-16(20-19-14)15(18)10-8-6-4-5-7-9-13(2)17/h13-18H,3-12H2,1-2H3. The van der Waals surface area contributed by atoms with Crippen LogP contribution >= 0.6 is 46.8 Å². The molecule has 0 bridgehead atoms. The summed E-state index contributed by atoms with van der Waals surface area (Å²) in [5.74, 6) is 0. The van der Waals surface area contributed by atoms with E-state index in [0.717, 1.165) is 10.5 Å². The number of hydrogen-bond donors (Lipinski definition) is 2. The number of hydrogen-bond acceptors (Lipinski definition) is 4. The normalized spacial score (nSPS) is 26.4. The Morgan fingerprint density at radius 3 is 2.15 bits per heavy atom. The van der Waals surface area contributed by atoms with Gasteiger partial charge in [0.2, 0.25) is 0 Å². The lowest BCUT2D eigenvalue weighted by atomic mass is 10.0. The molecule has 0 aromatic carbocycles. The van der Waals surface area contributed by atoms with E-state index in [0.29, 0.717) is 10.5 Å². The minimum atomic E-state index is 0.574. The molecule has 1 rings (SSSR count). The number of unbranched alkanes of at least 4 members (excludes halogenated alkanes) is 4. The third-order valence-electron chi connectivity index (χ3n) is 4.09. The molecule has 0 radical (unpaired) electrons. The lowest BCUT2D eigenvalue weighted by molar-refractivity contribution is 0.555. The fourth-order valence-electron chi connectivity index (χ4n) is 2.63. The first-order valence-corrected chi connectivity index (χ1v) is 11.6. The van der Waals surface area contributed by atoms with E-state index in [1.807, 2.05) is 0 Å². The fourth-order valence-corrected chi connectivity index (χ4v) is 7.03. The second-order valence-electron chi connectivity index (χ2n) is 6.10. The first-order chi connectivity index (χ1) is 9.63. The average Bonchev–Trinajstić information content (AvgIpc) is 2.45. The zero-order valence-electron chi connectivity index (χ0n) is 13.1. The van der Waals surface area contributed by atoms with Crippen molar-refractivity contribution in [1.82, 2.24) is 0 Å². The van der Waals surface area contributed by atoms with Crippen LogP contribution in [0.2, 0.25) is 0 Å². The zero-order chi connectivity index (χ0) is 14.8. The van der Waals surface area contributed by atoms with Gasteiger partial charge in [0.1, 0.15) is 0 Å². The summed E-state index contributed by atoms with van der Waals surface area (Å²) in [6.07, 6.45) is 13.6. The Kier molecular flexibility index (Phi) is 11.6. The molecule has 1 fully saturated rings. The van der Waals surface area contributed by atoms with E-state index < -0.39 is 0 Å². The van der Waals surface area contributed by atoms with Gasteiger partial charge in [-0.15, -0.1) is 0 Å². The van der Waals surface area contributed by atoms with Gasteiger partial charge in [-0.2, -0.15) is 25.3 Å². The van der Waals surface area contributed by atoms with Gasteiger partial charge in [-0.05, 0) is 37.4 Å². The largest absolute Gasteiger partial charge is 0.176 e. The highest BCUT2D eigenvalue weighted by molar-refractivity contribution is 8.77. The molecule has 0 spiro atoms. The van der Waals surface area contributed by atoms with Crippen molar-refractivity contribution in [3.05, 3.63) is 0 Å². The van der Waals surface area contributed by atoms with Crippen molar-refractivity contribution >= 4 is 46.8 Å². The number of thiol groups is 2. The summed E-state index contributed by atoms with van der Waals surface area (Å²) in [6.45, 7) is 4.50. The van der Waals surface area contributed by atoms with Crippen molar-refractivity contribution in [2.24, 2.45) is 0 Å². The van der Waals surface area contributed by atoms with Gasteiger partial charge < -0.3 is 0 Å². The van der Waals surface area contributed by atoms with Gasteiger partial charge in [0.25, 0.3) is 0 Å². The maximum atomic E-state index is 4.86. The van der Waals surface area contributed by atoms with E-state index in [2.05, 4.69) is 48.1 Å². The molecule has 4 heteroatoms. The minimum Gasteiger partial charge on any atom is -0.176 e. The van der Waals surface area contributed by atoms with Crippen molar-refractivity contribution in [2.75, 3.05) is 0 Å². The summed E-state index contributed by atoms with van der Waals surface area (Å²) >= 11 is 9.28. The van der Waals surface area contributed by atoms with Gasteiger partial charge >= 0.3 is 0 Å². The smallest absolute Gasteiger partial charge is 0.0268 e. The highest BCUT2D eigenvalue weighted by atomic mass is 33.1. The van der Waals surface area contributed by atoms with Gasteiger partial charge in [0, 0.05) is 15.7 Å². The van der Waals surface area contributed by atoms with E-state index in [1.165, 1.54) is 64.2 Å². The van der Waals surface area contributed by atoms with Gasteiger partial charge in [-0.1, -0.05) is 67.5 Å². The summed E-state index contributed by atoms with van der Waals surface area (Å²) in [4.78, 5) is 0. The fraction of sp³-hybridized carbons (Fsp3) is 1.00. The Bertz CT molecular complexity index is 225. The molecule has 0 aromatic rings. The van der Waals surface area contributed by atoms with Crippen LogP contribution in [0.25, 0.3) is 0 Å². The van der Waals surface area contributed by atoms with Crippen LogP contribution in [0.1, 0.15) is 78.1 Å². The Hall–Kier alpha value is 1.40. The Labute approximate surface area is 145 Å². The lowest BCUT2D eigenvalue weighted by Gasteiger charge is -2.30. The molecule has 0 aromatic heterocycles. The predicted octanol–water partition coefficient (Wildman–Crippen LogP) is 6.66. The van der Waals surface area contributed by atoms with Gasteiger partial charge in [-0.25, -0.2) is 0 Å². The highest BCUT2D eigenvalue weighted by Gasteiger charge is 2.25. The molecule has 20 heavy (non-hydrogen) atoms. The summed E-state index contributed by atoms with van der Waals surface area (Å²) in [5.41, 5.74) is 0. The SMILES string of the molecule is CCC1CCC(C(S)CCCCCCCC(C)S)SS1. The molecule has 0 aliphatic carbocycles. The molecule has 1 heterocycles. The van der Waals surface area contributed by atoms with Crippen LogP contribution in [0.3, 0.4) is 0 Å². The molecular weight excluding hydrogens is 320 g/mol.